The number of amides is 4. The minimum absolute atomic E-state index is 0.160. The number of likely N-dealkylation sites (tertiary alicyclic amines) is 1. The predicted octanol–water partition coefficient (Wildman–Crippen LogP) is 3.07. The maximum Gasteiger partial charge on any atom is 0.407 e. The fourth-order valence-electron chi connectivity index (χ4n) is 4.75. The van der Waals surface area contributed by atoms with E-state index in [1.165, 1.54) is 12.0 Å². The number of nitrogens with zero attached hydrogens (tertiary/aromatic N) is 2. The molecule has 4 rings (SSSR count). The van der Waals surface area contributed by atoms with Gasteiger partial charge in [0, 0.05) is 19.6 Å². The second-order valence-corrected chi connectivity index (χ2v) is 8.98. The molecule has 0 saturated carbocycles. The number of rotatable bonds is 8. The average Bonchev–Trinajstić information content (AvgIpc) is 3.12. The Labute approximate surface area is 205 Å². The molecule has 2 aromatic rings. The zero-order valence-electron chi connectivity index (χ0n) is 20.2. The van der Waals surface area contributed by atoms with Crippen molar-refractivity contribution < 1.29 is 23.9 Å². The molecule has 2 aliphatic rings. The molecule has 0 aliphatic carbocycles. The highest BCUT2D eigenvalue weighted by Crippen LogP contribution is 2.31. The van der Waals surface area contributed by atoms with Crippen molar-refractivity contribution in [1.29, 1.82) is 0 Å². The number of ether oxygens (including phenoxy) is 2. The molecule has 2 heterocycles. The summed E-state index contributed by atoms with van der Waals surface area (Å²) in [5.41, 5.74) is 1.04. The van der Waals surface area contributed by atoms with E-state index in [9.17, 15) is 14.4 Å². The summed E-state index contributed by atoms with van der Waals surface area (Å²) in [4.78, 5) is 41.4. The molecule has 9 nitrogen and oxygen atoms in total. The number of urea groups is 1. The Balaban J connectivity index is 1.33. The highest BCUT2D eigenvalue weighted by molar-refractivity contribution is 6.07. The minimum atomic E-state index is -0.844. The maximum atomic E-state index is 13.3. The van der Waals surface area contributed by atoms with E-state index < -0.39 is 11.6 Å². The van der Waals surface area contributed by atoms with Gasteiger partial charge in [-0.1, -0.05) is 42.5 Å². The van der Waals surface area contributed by atoms with Crippen molar-refractivity contribution in [1.82, 2.24) is 20.4 Å². The molecule has 4 amide bonds. The van der Waals surface area contributed by atoms with Gasteiger partial charge < -0.3 is 25.0 Å². The monoisotopic (exact) mass is 480 g/mol. The van der Waals surface area contributed by atoms with Gasteiger partial charge in [0.1, 0.15) is 11.3 Å². The molecular weight excluding hydrogens is 448 g/mol. The van der Waals surface area contributed by atoms with Crippen LogP contribution in [0.25, 0.3) is 0 Å². The van der Waals surface area contributed by atoms with Gasteiger partial charge in [0.2, 0.25) is 0 Å². The molecule has 2 N–H and O–H groups in total. The normalized spacial score (nSPS) is 18.3. The molecule has 9 heteroatoms. The first-order valence-electron chi connectivity index (χ1n) is 11.8. The van der Waals surface area contributed by atoms with Crippen LogP contribution in [0.1, 0.15) is 36.4 Å². The van der Waals surface area contributed by atoms with E-state index in [-0.39, 0.29) is 24.5 Å². The summed E-state index contributed by atoms with van der Waals surface area (Å²) in [5, 5.41) is 5.88. The van der Waals surface area contributed by atoms with E-state index in [0.29, 0.717) is 32.4 Å². The van der Waals surface area contributed by atoms with Gasteiger partial charge in [-0.2, -0.15) is 0 Å². The van der Waals surface area contributed by atoms with Gasteiger partial charge in [0.15, 0.2) is 0 Å². The van der Waals surface area contributed by atoms with Crippen LogP contribution in [0.15, 0.2) is 54.6 Å². The van der Waals surface area contributed by atoms with Gasteiger partial charge >= 0.3 is 12.1 Å². The Kier molecular flexibility index (Phi) is 7.55. The summed E-state index contributed by atoms with van der Waals surface area (Å²) < 4.78 is 9.97. The van der Waals surface area contributed by atoms with Crippen molar-refractivity contribution in [2.75, 3.05) is 33.9 Å². The fourth-order valence-corrected chi connectivity index (χ4v) is 4.75. The van der Waals surface area contributed by atoms with E-state index in [1.54, 1.807) is 7.11 Å². The Hall–Kier alpha value is -3.59. The zero-order chi connectivity index (χ0) is 24.8. The number of piperidine rings is 1. The molecule has 2 fully saturated rings. The lowest BCUT2D eigenvalue weighted by molar-refractivity contribution is -0.133. The number of carbonyl (C=O) groups excluding carboxylic acids is 3. The van der Waals surface area contributed by atoms with Gasteiger partial charge in [-0.3, -0.25) is 9.69 Å². The molecule has 2 aromatic carbocycles. The molecule has 0 unspecified atom stereocenters. The number of carbonyl (C=O) groups is 3. The van der Waals surface area contributed by atoms with Crippen molar-refractivity contribution >= 4 is 18.0 Å². The zero-order valence-corrected chi connectivity index (χ0v) is 20.2. The predicted molar refractivity (Wildman–Crippen MR) is 130 cm³/mol. The Morgan fingerprint density at radius 2 is 1.74 bits per heavy atom. The first-order chi connectivity index (χ1) is 16.9. The molecule has 2 saturated heterocycles. The summed E-state index contributed by atoms with van der Waals surface area (Å²) in [6, 6.07) is 16.6. The number of benzene rings is 2. The van der Waals surface area contributed by atoms with E-state index in [1.807, 2.05) is 54.6 Å². The van der Waals surface area contributed by atoms with Gasteiger partial charge in [-0.05, 0) is 42.5 Å². The third-order valence-electron chi connectivity index (χ3n) is 6.87. The van der Waals surface area contributed by atoms with Gasteiger partial charge in [0.05, 0.1) is 26.8 Å². The third-order valence-corrected chi connectivity index (χ3v) is 6.87. The van der Waals surface area contributed by atoms with E-state index in [0.717, 1.165) is 23.4 Å². The summed E-state index contributed by atoms with van der Waals surface area (Å²) in [7, 11) is 2.95. The summed E-state index contributed by atoms with van der Waals surface area (Å²) in [5.74, 6) is 0.568. The van der Waals surface area contributed by atoms with Crippen LogP contribution in [-0.2, 0) is 16.1 Å². The molecule has 0 bridgehead atoms. The van der Waals surface area contributed by atoms with Crippen molar-refractivity contribution in [3.05, 3.63) is 65.7 Å². The van der Waals surface area contributed by atoms with Crippen molar-refractivity contribution in [2.45, 2.75) is 37.4 Å². The second-order valence-electron chi connectivity index (χ2n) is 8.98. The minimum Gasteiger partial charge on any atom is -0.497 e. The lowest BCUT2D eigenvalue weighted by Crippen LogP contribution is -2.55. The third kappa shape index (κ3) is 5.57. The van der Waals surface area contributed by atoms with Gasteiger partial charge in [-0.15, -0.1) is 0 Å². The number of hydrogen-bond acceptors (Lipinski definition) is 6. The van der Waals surface area contributed by atoms with Crippen LogP contribution in [0.3, 0.4) is 0 Å². The number of imide groups is 1. The van der Waals surface area contributed by atoms with Crippen LogP contribution < -0.4 is 15.4 Å². The van der Waals surface area contributed by atoms with Gasteiger partial charge in [0.25, 0.3) is 5.91 Å². The maximum absolute atomic E-state index is 13.3. The molecule has 35 heavy (non-hydrogen) atoms. The molecule has 1 atom stereocenters. The molecular formula is C26H32N4O5. The smallest absolute Gasteiger partial charge is 0.407 e. The summed E-state index contributed by atoms with van der Waals surface area (Å²) in [6.07, 6.45) is 1.34. The number of nitrogens with one attached hydrogen (secondary N) is 2. The number of methoxy groups -OCH3 is 2. The highest BCUT2D eigenvalue weighted by atomic mass is 16.5. The standard InChI is InChI=1S/C26H32N4O5/c1-34-21-10-8-19(9-11-21)18-30-23(31)26(28-24(30)32)13-16-29(17-14-26)15-12-22(27-25(33)35-2)20-6-4-3-5-7-20/h3-11,22H,12-18H2,1-2H3,(H,27,33)(H,28,32)/t22-/m0/s1. The van der Waals surface area contributed by atoms with Crippen LogP contribution in [-0.4, -0.2) is 67.2 Å². The van der Waals surface area contributed by atoms with Crippen LogP contribution in [0, 0.1) is 0 Å². The topological polar surface area (TPSA) is 100 Å². The average molecular weight is 481 g/mol. The van der Waals surface area contributed by atoms with Crippen LogP contribution in [0.2, 0.25) is 0 Å². The molecule has 2 aliphatic heterocycles. The molecule has 0 aromatic heterocycles. The lowest BCUT2D eigenvalue weighted by Gasteiger charge is -2.37. The summed E-state index contributed by atoms with van der Waals surface area (Å²) >= 11 is 0. The molecule has 0 radical (unpaired) electrons. The largest absolute Gasteiger partial charge is 0.497 e. The van der Waals surface area contributed by atoms with E-state index in [4.69, 9.17) is 9.47 Å². The van der Waals surface area contributed by atoms with Crippen LogP contribution >= 0.6 is 0 Å². The van der Waals surface area contributed by atoms with E-state index in [2.05, 4.69) is 15.5 Å². The Morgan fingerprint density at radius 1 is 1.06 bits per heavy atom. The van der Waals surface area contributed by atoms with Crippen molar-refractivity contribution in [3.8, 4) is 5.75 Å². The van der Waals surface area contributed by atoms with Crippen molar-refractivity contribution in [3.63, 3.8) is 0 Å². The van der Waals surface area contributed by atoms with Crippen LogP contribution in [0.5, 0.6) is 5.75 Å². The quantitative estimate of drug-likeness (QED) is 0.564. The SMILES string of the molecule is COC(=O)N[C@@H](CCN1CCC2(CC1)NC(=O)N(Cc1ccc(OC)cc1)C2=O)c1ccccc1. The first-order valence-corrected chi connectivity index (χ1v) is 11.8. The fraction of sp³-hybridized carbons (Fsp3) is 0.423. The highest BCUT2D eigenvalue weighted by Gasteiger charge is 2.52. The Bertz CT molecular complexity index is 1040. The Morgan fingerprint density at radius 3 is 2.37 bits per heavy atom. The molecule has 186 valence electrons. The second kappa shape index (κ2) is 10.8. The van der Waals surface area contributed by atoms with Crippen molar-refractivity contribution in [2.24, 2.45) is 0 Å². The summed E-state index contributed by atoms with van der Waals surface area (Å²) in [6.45, 7) is 2.35. The molecule has 1 spiro atoms. The van der Waals surface area contributed by atoms with Gasteiger partial charge in [-0.25, -0.2) is 9.59 Å². The number of alkyl carbamates (subject to hydrolysis) is 1. The van der Waals surface area contributed by atoms with Crippen LogP contribution in [0.4, 0.5) is 9.59 Å². The lowest BCUT2D eigenvalue weighted by atomic mass is 9.87. The number of hydrogen-bond donors (Lipinski definition) is 2. The van der Waals surface area contributed by atoms with E-state index >= 15 is 0 Å². The first kappa shape index (κ1) is 24.5.